The number of fused-ring (bicyclic) bond motifs is 1. The van der Waals surface area contributed by atoms with Crippen LogP contribution in [-0.2, 0) is 17.8 Å². The maximum Gasteiger partial charge on any atom is 0.352 e. The molecule has 28 heavy (non-hydrogen) atoms. The number of carboxylic acid groups (broad SMARTS) is 1. The average molecular weight is 378 g/mol. The molecule has 1 aliphatic rings. The first-order valence-electron chi connectivity index (χ1n) is 9.84. The van der Waals surface area contributed by atoms with Gasteiger partial charge in [-0.25, -0.2) is 4.79 Å². The number of nitrogens with one attached hydrogen (secondary N) is 1. The van der Waals surface area contributed by atoms with E-state index in [1.165, 1.54) is 5.56 Å². The number of rotatable bonds is 7. The molecule has 0 spiro atoms. The highest BCUT2D eigenvalue weighted by Crippen LogP contribution is 2.28. The number of hydrogen-bond acceptors (Lipinski definition) is 3. The lowest BCUT2D eigenvalue weighted by molar-refractivity contribution is 0.0684. The van der Waals surface area contributed by atoms with Gasteiger partial charge in [0, 0.05) is 42.7 Å². The molecule has 0 amide bonds. The van der Waals surface area contributed by atoms with E-state index in [-0.39, 0.29) is 6.10 Å². The van der Waals surface area contributed by atoms with Crippen molar-refractivity contribution < 1.29 is 14.6 Å². The maximum atomic E-state index is 12.2. The summed E-state index contributed by atoms with van der Waals surface area (Å²) in [7, 11) is 0. The highest BCUT2D eigenvalue weighted by Gasteiger charge is 2.23. The van der Waals surface area contributed by atoms with Crippen LogP contribution in [0.5, 0.6) is 0 Å². The fraction of sp³-hybridized carbons (Fsp3) is 0.348. The molecule has 2 aromatic carbocycles. The number of para-hydroxylation sites is 1. The molecule has 146 valence electrons. The first kappa shape index (κ1) is 18.7. The lowest BCUT2D eigenvalue weighted by Crippen LogP contribution is -2.26. The van der Waals surface area contributed by atoms with Crippen molar-refractivity contribution >= 4 is 16.9 Å². The van der Waals surface area contributed by atoms with Crippen LogP contribution in [0.3, 0.4) is 0 Å². The number of hydrogen-bond donors (Lipinski definition) is 2. The molecule has 2 heterocycles. The Balaban J connectivity index is 1.68. The minimum atomic E-state index is -0.891. The molecule has 1 aliphatic heterocycles. The van der Waals surface area contributed by atoms with Gasteiger partial charge in [-0.15, -0.1) is 0 Å². The second kappa shape index (κ2) is 8.17. The van der Waals surface area contributed by atoms with Gasteiger partial charge in [-0.2, -0.15) is 0 Å². The minimum Gasteiger partial charge on any atom is -0.477 e. The standard InChI is InChI=1S/C23H26N2O3/c1-16-8-10-17(11-9-16)15-25-21-7-3-2-6-19(21)20(22(25)23(26)27)14-24-13-18-5-4-12-28-18/h2-3,6-11,18,24H,4-5,12-15H2,1H3,(H,26,27)/t18-/m1/s1. The van der Waals surface area contributed by atoms with Gasteiger partial charge in [-0.05, 0) is 31.4 Å². The number of ether oxygens (including phenoxy) is 1. The predicted molar refractivity (Wildman–Crippen MR) is 110 cm³/mol. The number of aryl methyl sites for hydroxylation is 1. The summed E-state index contributed by atoms with van der Waals surface area (Å²) in [6.45, 7) is 4.67. The van der Waals surface area contributed by atoms with Crippen molar-refractivity contribution in [2.45, 2.75) is 39.0 Å². The van der Waals surface area contributed by atoms with Gasteiger partial charge < -0.3 is 19.7 Å². The molecule has 3 aromatic rings. The van der Waals surface area contributed by atoms with Crippen molar-refractivity contribution in [2.75, 3.05) is 13.2 Å². The molecule has 5 nitrogen and oxygen atoms in total. The highest BCUT2D eigenvalue weighted by atomic mass is 16.5. The van der Waals surface area contributed by atoms with Gasteiger partial charge in [0.1, 0.15) is 5.69 Å². The maximum absolute atomic E-state index is 12.2. The predicted octanol–water partition coefficient (Wildman–Crippen LogP) is 3.96. The zero-order valence-electron chi connectivity index (χ0n) is 16.1. The third-order valence-corrected chi connectivity index (χ3v) is 5.44. The Morgan fingerprint density at radius 2 is 2.00 bits per heavy atom. The molecule has 5 heteroatoms. The van der Waals surface area contributed by atoms with Crippen LogP contribution in [0.2, 0.25) is 0 Å². The van der Waals surface area contributed by atoms with Crippen LogP contribution < -0.4 is 5.32 Å². The van der Waals surface area contributed by atoms with Gasteiger partial charge in [0.05, 0.1) is 6.10 Å². The summed E-state index contributed by atoms with van der Waals surface area (Å²) < 4.78 is 7.59. The largest absolute Gasteiger partial charge is 0.477 e. The van der Waals surface area contributed by atoms with Gasteiger partial charge in [-0.1, -0.05) is 48.0 Å². The van der Waals surface area contributed by atoms with Gasteiger partial charge in [-0.3, -0.25) is 0 Å². The highest BCUT2D eigenvalue weighted by molar-refractivity contribution is 5.98. The second-order valence-electron chi connectivity index (χ2n) is 7.49. The van der Waals surface area contributed by atoms with Crippen molar-refractivity contribution in [3.05, 3.63) is 70.9 Å². The minimum absolute atomic E-state index is 0.231. The Kier molecular flexibility index (Phi) is 5.46. The van der Waals surface area contributed by atoms with Gasteiger partial charge in [0.15, 0.2) is 0 Å². The van der Waals surface area contributed by atoms with E-state index in [0.717, 1.165) is 48.0 Å². The van der Waals surface area contributed by atoms with Crippen LogP contribution in [0, 0.1) is 6.92 Å². The molecule has 0 radical (unpaired) electrons. The summed E-state index contributed by atoms with van der Waals surface area (Å²) in [5, 5.41) is 14.4. The SMILES string of the molecule is Cc1ccc(Cn2c(C(=O)O)c(CNC[C@H]3CCCO3)c3ccccc32)cc1. The number of aromatic carboxylic acids is 1. The lowest BCUT2D eigenvalue weighted by atomic mass is 10.1. The van der Waals surface area contributed by atoms with Crippen molar-refractivity contribution in [1.29, 1.82) is 0 Å². The smallest absolute Gasteiger partial charge is 0.352 e. The number of carboxylic acids is 1. The molecule has 0 unspecified atom stereocenters. The van der Waals surface area contributed by atoms with Crippen LogP contribution >= 0.6 is 0 Å². The quantitative estimate of drug-likeness (QED) is 0.653. The third kappa shape index (κ3) is 3.81. The molecule has 0 aliphatic carbocycles. The van der Waals surface area contributed by atoms with Gasteiger partial charge in [0.25, 0.3) is 0 Å². The van der Waals surface area contributed by atoms with E-state index in [9.17, 15) is 9.90 Å². The summed E-state index contributed by atoms with van der Waals surface area (Å²) in [6, 6.07) is 16.2. The lowest BCUT2D eigenvalue weighted by Gasteiger charge is -2.12. The Hall–Kier alpha value is -2.63. The van der Waals surface area contributed by atoms with Gasteiger partial charge in [0.2, 0.25) is 0 Å². The summed E-state index contributed by atoms with van der Waals surface area (Å²) in [5.74, 6) is -0.891. The van der Waals surface area contributed by atoms with E-state index in [4.69, 9.17) is 4.74 Å². The topological polar surface area (TPSA) is 63.5 Å². The molecule has 4 rings (SSSR count). The van der Waals surface area contributed by atoms with Crippen LogP contribution in [0.25, 0.3) is 10.9 Å². The fourth-order valence-corrected chi connectivity index (χ4v) is 4.00. The fourth-order valence-electron chi connectivity index (χ4n) is 4.00. The third-order valence-electron chi connectivity index (χ3n) is 5.44. The first-order chi connectivity index (χ1) is 13.6. The summed E-state index contributed by atoms with van der Waals surface area (Å²) in [5.41, 5.74) is 4.44. The molecule has 1 fully saturated rings. The normalized spacial score (nSPS) is 16.7. The van der Waals surface area contributed by atoms with E-state index in [1.54, 1.807) is 0 Å². The van der Waals surface area contributed by atoms with Gasteiger partial charge >= 0.3 is 5.97 Å². The van der Waals surface area contributed by atoms with Crippen molar-refractivity contribution in [3.63, 3.8) is 0 Å². The molecule has 1 aromatic heterocycles. The molecule has 1 saturated heterocycles. The van der Waals surface area contributed by atoms with Crippen LogP contribution in [0.15, 0.2) is 48.5 Å². The molecular weight excluding hydrogens is 352 g/mol. The Morgan fingerprint density at radius 3 is 2.71 bits per heavy atom. The monoisotopic (exact) mass is 378 g/mol. The Labute approximate surface area is 164 Å². The van der Waals surface area contributed by atoms with E-state index in [0.29, 0.717) is 18.8 Å². The summed E-state index contributed by atoms with van der Waals surface area (Å²) >= 11 is 0. The Bertz CT molecular complexity index is 969. The molecule has 0 saturated carbocycles. The van der Waals surface area contributed by atoms with Crippen LogP contribution in [0.4, 0.5) is 0 Å². The number of benzene rings is 2. The van der Waals surface area contributed by atoms with Crippen molar-refractivity contribution in [1.82, 2.24) is 9.88 Å². The molecular formula is C23H26N2O3. The number of aromatic nitrogens is 1. The number of carbonyl (C=O) groups is 1. The first-order valence-corrected chi connectivity index (χ1v) is 9.84. The zero-order valence-corrected chi connectivity index (χ0v) is 16.1. The van der Waals surface area contributed by atoms with E-state index < -0.39 is 5.97 Å². The summed E-state index contributed by atoms with van der Waals surface area (Å²) in [4.78, 5) is 12.2. The zero-order chi connectivity index (χ0) is 19.5. The second-order valence-corrected chi connectivity index (χ2v) is 7.49. The Morgan fingerprint density at radius 1 is 1.21 bits per heavy atom. The van der Waals surface area contributed by atoms with Crippen LogP contribution in [-0.4, -0.2) is 34.9 Å². The molecule has 2 N–H and O–H groups in total. The average Bonchev–Trinajstić information content (AvgIpc) is 3.31. The van der Waals surface area contributed by atoms with Crippen molar-refractivity contribution in [3.8, 4) is 0 Å². The summed E-state index contributed by atoms with van der Waals surface area (Å²) in [6.07, 6.45) is 2.39. The van der Waals surface area contributed by atoms with Crippen molar-refractivity contribution in [2.24, 2.45) is 0 Å². The van der Waals surface area contributed by atoms with E-state index >= 15 is 0 Å². The van der Waals surface area contributed by atoms with E-state index in [2.05, 4.69) is 36.5 Å². The van der Waals surface area contributed by atoms with Crippen LogP contribution in [0.1, 0.15) is 40.0 Å². The number of nitrogens with zero attached hydrogens (tertiary/aromatic N) is 1. The molecule has 0 bridgehead atoms. The molecule has 1 atom stereocenters. The van der Waals surface area contributed by atoms with E-state index in [1.807, 2.05) is 28.8 Å².